The van der Waals surface area contributed by atoms with E-state index in [0.717, 1.165) is 17.7 Å². The van der Waals surface area contributed by atoms with E-state index in [-0.39, 0.29) is 0 Å². The number of halogens is 3. The van der Waals surface area contributed by atoms with E-state index in [2.05, 4.69) is 11.8 Å². The maximum Gasteiger partial charge on any atom is 0.509 e. The Morgan fingerprint density at radius 1 is 0.667 bits per heavy atom. The molecule has 0 spiro atoms. The molecule has 90 valence electrons. The quantitative estimate of drug-likeness (QED) is 0.534. The normalized spacial score (nSPS) is 10.6. The fourth-order valence-corrected chi connectivity index (χ4v) is 1.45. The van der Waals surface area contributed by atoms with Crippen LogP contribution in [0.25, 0.3) is 0 Å². The van der Waals surface area contributed by atoms with E-state index in [1.54, 1.807) is 0 Å². The Bertz CT molecular complexity index is 574. The third kappa shape index (κ3) is 3.17. The van der Waals surface area contributed by atoms with Crippen LogP contribution in [0.3, 0.4) is 0 Å². The van der Waals surface area contributed by atoms with Crippen LogP contribution in [0.1, 0.15) is 11.1 Å². The molecule has 0 radical (unpaired) electrons. The van der Waals surface area contributed by atoms with Gasteiger partial charge in [-0.1, -0.05) is 42.2 Å². The van der Waals surface area contributed by atoms with Crippen LogP contribution in [0.2, 0.25) is 0 Å². The van der Waals surface area contributed by atoms with Crippen LogP contribution in [0.15, 0.2) is 54.6 Å². The van der Waals surface area contributed by atoms with Crippen molar-refractivity contribution in [1.82, 2.24) is 0 Å². The Morgan fingerprint density at radius 2 is 1.17 bits per heavy atom. The van der Waals surface area contributed by atoms with Gasteiger partial charge in [0.05, 0.1) is 0 Å². The average molecular weight is 245 g/mol. The smallest absolute Gasteiger partial charge is 0.445 e. The lowest BCUT2D eigenvalue weighted by atomic mass is 9.80. The topological polar surface area (TPSA) is 0 Å². The third-order valence-corrected chi connectivity index (χ3v) is 2.41. The molecule has 0 saturated heterocycles. The predicted molar refractivity (Wildman–Crippen MR) is 67.6 cm³/mol. The zero-order valence-corrected chi connectivity index (χ0v) is 9.41. The zero-order chi connectivity index (χ0) is 13.0. The van der Waals surface area contributed by atoms with Gasteiger partial charge in [-0.15, -0.1) is 5.46 Å². The highest BCUT2D eigenvalue weighted by Crippen LogP contribution is 2.09. The molecule has 2 aromatic carbocycles. The molecule has 18 heavy (non-hydrogen) atoms. The van der Waals surface area contributed by atoms with Crippen molar-refractivity contribution in [2.45, 2.75) is 0 Å². The van der Waals surface area contributed by atoms with Gasteiger partial charge in [0.1, 0.15) is 0 Å². The highest BCUT2D eigenvalue weighted by atomic mass is 19.4. The number of hydrogen-bond acceptors (Lipinski definition) is 0. The summed E-state index contributed by atoms with van der Waals surface area (Å²) in [6.07, 6.45) is 0. The number of rotatable bonds is 1. The summed E-state index contributed by atoms with van der Waals surface area (Å²) in [5.74, 6) is 5.72. The molecule has 0 fully saturated rings. The van der Waals surface area contributed by atoms with Crippen molar-refractivity contribution >= 4 is 12.4 Å². The van der Waals surface area contributed by atoms with Gasteiger partial charge in [-0.25, -0.2) is 0 Å². The van der Waals surface area contributed by atoms with Crippen molar-refractivity contribution in [2.24, 2.45) is 0 Å². The molecule has 2 aromatic rings. The molecule has 0 N–H and O–H groups in total. The van der Waals surface area contributed by atoms with Gasteiger partial charge in [0.2, 0.25) is 0 Å². The van der Waals surface area contributed by atoms with Gasteiger partial charge in [-0.3, -0.25) is 0 Å². The minimum atomic E-state index is -4.93. The third-order valence-electron chi connectivity index (χ3n) is 2.41. The van der Waals surface area contributed by atoms with Crippen LogP contribution >= 0.6 is 0 Å². The van der Waals surface area contributed by atoms with Crippen LogP contribution in [-0.4, -0.2) is 6.98 Å². The zero-order valence-electron chi connectivity index (χ0n) is 9.41. The summed E-state index contributed by atoms with van der Waals surface area (Å²) in [5, 5.41) is 0. The van der Waals surface area contributed by atoms with Gasteiger partial charge < -0.3 is 12.9 Å². The Kier molecular flexibility index (Phi) is 3.43. The standard InChI is InChI=1S/C14H9BF3/c16-15(17,18)14-10-8-13(9-11-14)7-6-12-4-2-1-3-5-12/h1-5,8-11H/q-1. The summed E-state index contributed by atoms with van der Waals surface area (Å²) in [4.78, 5) is 0. The van der Waals surface area contributed by atoms with Gasteiger partial charge in [0.25, 0.3) is 0 Å². The van der Waals surface area contributed by atoms with Crippen LogP contribution in [-0.2, 0) is 0 Å². The monoisotopic (exact) mass is 245 g/mol. The average Bonchev–Trinajstić information content (AvgIpc) is 2.37. The molecule has 0 aromatic heterocycles. The minimum Gasteiger partial charge on any atom is -0.445 e. The predicted octanol–water partition coefficient (Wildman–Crippen LogP) is 3.14. The molecule has 0 saturated carbocycles. The summed E-state index contributed by atoms with van der Waals surface area (Å²) >= 11 is 0. The second kappa shape index (κ2) is 5.01. The Balaban J connectivity index is 2.20. The molecule has 2 rings (SSSR count). The first-order chi connectivity index (χ1) is 8.55. The molecule has 0 aliphatic rings. The lowest BCUT2D eigenvalue weighted by Crippen LogP contribution is -2.33. The highest BCUT2D eigenvalue weighted by molar-refractivity contribution is 6.73. The maximum atomic E-state index is 12.4. The first-order valence-electron chi connectivity index (χ1n) is 5.43. The van der Waals surface area contributed by atoms with Crippen molar-refractivity contribution in [3.63, 3.8) is 0 Å². The van der Waals surface area contributed by atoms with Gasteiger partial charge in [0, 0.05) is 11.1 Å². The minimum absolute atomic E-state index is 0.572. The Morgan fingerprint density at radius 3 is 1.67 bits per heavy atom. The molecule has 0 bridgehead atoms. The first kappa shape index (κ1) is 12.3. The molecular formula is C14H9BF3-. The summed E-state index contributed by atoms with van der Waals surface area (Å²) in [7, 11) is 0. The summed E-state index contributed by atoms with van der Waals surface area (Å²) in [6, 6.07) is 14.2. The number of hydrogen-bond donors (Lipinski definition) is 0. The van der Waals surface area contributed by atoms with Crippen molar-refractivity contribution in [3.8, 4) is 11.8 Å². The van der Waals surface area contributed by atoms with Gasteiger partial charge in [-0.2, -0.15) is 0 Å². The van der Waals surface area contributed by atoms with Crippen LogP contribution < -0.4 is 5.46 Å². The molecule has 0 atom stereocenters. The fourth-order valence-electron chi connectivity index (χ4n) is 1.45. The molecule has 0 unspecified atom stereocenters. The van der Waals surface area contributed by atoms with Crippen LogP contribution in [0, 0.1) is 11.8 Å². The summed E-state index contributed by atoms with van der Waals surface area (Å²) in [5.41, 5.74) is 0.810. The molecule has 0 nitrogen and oxygen atoms in total. The van der Waals surface area contributed by atoms with E-state index >= 15 is 0 Å². The molecule has 4 heteroatoms. The lowest BCUT2D eigenvalue weighted by Gasteiger charge is -2.13. The first-order valence-corrected chi connectivity index (χ1v) is 5.43. The van der Waals surface area contributed by atoms with E-state index in [9.17, 15) is 12.9 Å². The Labute approximate surface area is 104 Å². The van der Waals surface area contributed by atoms with E-state index < -0.39 is 12.4 Å². The lowest BCUT2D eigenvalue weighted by molar-refractivity contribution is 0.501. The van der Waals surface area contributed by atoms with E-state index in [1.165, 1.54) is 12.1 Å². The molecular weight excluding hydrogens is 236 g/mol. The molecule has 0 heterocycles. The SMILES string of the molecule is F[B-](F)(F)c1ccc(C#Cc2ccccc2)cc1. The van der Waals surface area contributed by atoms with E-state index in [0.29, 0.717) is 5.56 Å². The van der Waals surface area contributed by atoms with Gasteiger partial charge >= 0.3 is 6.98 Å². The van der Waals surface area contributed by atoms with Crippen LogP contribution in [0.4, 0.5) is 12.9 Å². The molecule has 0 amide bonds. The largest absolute Gasteiger partial charge is 0.509 e. The molecule has 0 aliphatic heterocycles. The maximum absolute atomic E-state index is 12.4. The summed E-state index contributed by atoms with van der Waals surface area (Å²) < 4.78 is 37.2. The van der Waals surface area contributed by atoms with Crippen molar-refractivity contribution in [2.75, 3.05) is 0 Å². The van der Waals surface area contributed by atoms with Gasteiger partial charge in [0.15, 0.2) is 0 Å². The van der Waals surface area contributed by atoms with E-state index in [4.69, 9.17) is 0 Å². The van der Waals surface area contributed by atoms with Crippen molar-refractivity contribution in [1.29, 1.82) is 0 Å². The Hall–Kier alpha value is -2.15. The fraction of sp³-hybridized carbons (Fsp3) is 0. The second-order valence-electron chi connectivity index (χ2n) is 3.81. The summed E-state index contributed by atoms with van der Waals surface area (Å²) in [6.45, 7) is -4.93. The van der Waals surface area contributed by atoms with Gasteiger partial charge in [-0.05, 0) is 24.3 Å². The van der Waals surface area contributed by atoms with E-state index in [1.807, 2.05) is 30.3 Å². The second-order valence-corrected chi connectivity index (χ2v) is 3.81. The van der Waals surface area contributed by atoms with Crippen molar-refractivity contribution < 1.29 is 12.9 Å². The van der Waals surface area contributed by atoms with Crippen LogP contribution in [0.5, 0.6) is 0 Å². The van der Waals surface area contributed by atoms with Crippen molar-refractivity contribution in [3.05, 3.63) is 65.7 Å². The molecule has 0 aliphatic carbocycles. The highest BCUT2D eigenvalue weighted by Gasteiger charge is 2.24. The number of benzene rings is 2.